The summed E-state index contributed by atoms with van der Waals surface area (Å²) >= 11 is 0. The normalized spacial score (nSPS) is 19.5. The Morgan fingerprint density at radius 1 is 1.36 bits per heavy atom. The zero-order valence-electron chi connectivity index (χ0n) is 13.4. The number of ether oxygens (including phenoxy) is 2. The van der Waals surface area contributed by atoms with Gasteiger partial charge in [-0.2, -0.15) is 0 Å². The number of aliphatic hydroxyl groups excluding tert-OH is 1. The van der Waals surface area contributed by atoms with Gasteiger partial charge in [-0.1, -0.05) is 0 Å². The molecule has 1 saturated heterocycles. The highest BCUT2D eigenvalue weighted by Crippen LogP contribution is 2.21. The van der Waals surface area contributed by atoms with Crippen molar-refractivity contribution in [2.45, 2.75) is 58.4 Å². The second kappa shape index (κ2) is 7.44. The lowest BCUT2D eigenvalue weighted by atomic mass is 10.2. The number of carbonyl (C=O) groups excluding carboxylic acids is 3. The Hall–Kier alpha value is -1.83. The number of aliphatic hydroxyl groups is 1. The summed E-state index contributed by atoms with van der Waals surface area (Å²) in [6.45, 7) is 6.31. The van der Waals surface area contributed by atoms with E-state index in [0.717, 1.165) is 0 Å². The van der Waals surface area contributed by atoms with Crippen molar-refractivity contribution in [3.8, 4) is 0 Å². The summed E-state index contributed by atoms with van der Waals surface area (Å²) in [5.74, 6) is -1.10. The molecule has 2 atom stereocenters. The summed E-state index contributed by atoms with van der Waals surface area (Å²) in [5.41, 5.74) is -0.647. The lowest BCUT2D eigenvalue weighted by molar-refractivity contribution is -0.152. The van der Waals surface area contributed by atoms with Gasteiger partial charge in [0.15, 0.2) is 6.23 Å². The van der Waals surface area contributed by atoms with Crippen LogP contribution in [0.4, 0.5) is 4.79 Å². The highest BCUT2D eigenvalue weighted by Gasteiger charge is 2.37. The number of likely N-dealkylation sites (tertiary alicyclic amines) is 1. The maximum atomic E-state index is 12.2. The van der Waals surface area contributed by atoms with Crippen molar-refractivity contribution in [1.29, 1.82) is 0 Å². The van der Waals surface area contributed by atoms with E-state index in [4.69, 9.17) is 14.6 Å². The van der Waals surface area contributed by atoms with Crippen LogP contribution in [-0.4, -0.2) is 59.0 Å². The van der Waals surface area contributed by atoms with Crippen LogP contribution in [0.5, 0.6) is 0 Å². The molecule has 8 heteroatoms. The molecule has 1 rings (SSSR count). The maximum Gasteiger partial charge on any atom is 0.410 e. The zero-order chi connectivity index (χ0) is 16.9. The third kappa shape index (κ3) is 5.51. The van der Waals surface area contributed by atoms with Gasteiger partial charge in [0.05, 0.1) is 6.61 Å². The fourth-order valence-electron chi connectivity index (χ4n) is 2.15. The van der Waals surface area contributed by atoms with E-state index in [0.29, 0.717) is 19.4 Å². The van der Waals surface area contributed by atoms with Gasteiger partial charge in [-0.05, 0) is 33.6 Å². The van der Waals surface area contributed by atoms with Gasteiger partial charge in [-0.25, -0.2) is 4.79 Å². The van der Waals surface area contributed by atoms with E-state index in [2.05, 4.69) is 5.32 Å². The second-order valence-electron chi connectivity index (χ2n) is 6.12. The van der Waals surface area contributed by atoms with Crippen molar-refractivity contribution < 1.29 is 29.0 Å². The summed E-state index contributed by atoms with van der Waals surface area (Å²) in [7, 11) is 0. The number of hydrogen-bond donors (Lipinski definition) is 2. The molecule has 0 unspecified atom stereocenters. The van der Waals surface area contributed by atoms with Gasteiger partial charge in [0.2, 0.25) is 5.91 Å². The van der Waals surface area contributed by atoms with Crippen LogP contribution in [0.1, 0.15) is 40.5 Å². The van der Waals surface area contributed by atoms with Crippen LogP contribution in [-0.2, 0) is 19.1 Å². The van der Waals surface area contributed by atoms with Crippen molar-refractivity contribution in [1.82, 2.24) is 10.2 Å². The van der Waals surface area contributed by atoms with E-state index >= 15 is 0 Å². The van der Waals surface area contributed by atoms with Gasteiger partial charge in [-0.15, -0.1) is 0 Å². The first-order chi connectivity index (χ1) is 10.1. The van der Waals surface area contributed by atoms with Crippen molar-refractivity contribution in [2.24, 2.45) is 0 Å². The molecule has 1 aliphatic rings. The molecule has 1 aliphatic heterocycles. The Kier molecular flexibility index (Phi) is 6.16. The standard InChI is InChI=1S/C14H24N2O6/c1-9(18)21-11(8-17)15-12(19)10-6-5-7-16(10)13(20)22-14(2,3)4/h10-11,17H,5-8H2,1-4H3,(H,15,19)/t10-,11+/m0/s1. The summed E-state index contributed by atoms with van der Waals surface area (Å²) in [4.78, 5) is 36.5. The Morgan fingerprint density at radius 3 is 2.50 bits per heavy atom. The fraction of sp³-hybridized carbons (Fsp3) is 0.786. The van der Waals surface area contributed by atoms with Crippen LogP contribution in [0.25, 0.3) is 0 Å². The molecule has 0 aromatic heterocycles. The predicted molar refractivity (Wildman–Crippen MR) is 76.7 cm³/mol. The lowest BCUT2D eigenvalue weighted by Crippen LogP contribution is -2.51. The van der Waals surface area contributed by atoms with Gasteiger partial charge in [0, 0.05) is 13.5 Å². The molecule has 126 valence electrons. The second-order valence-corrected chi connectivity index (χ2v) is 6.12. The van der Waals surface area contributed by atoms with Gasteiger partial charge >= 0.3 is 12.1 Å². The van der Waals surface area contributed by atoms with Crippen LogP contribution in [0.15, 0.2) is 0 Å². The van der Waals surface area contributed by atoms with Gasteiger partial charge in [0.1, 0.15) is 11.6 Å². The van der Waals surface area contributed by atoms with Gasteiger partial charge < -0.3 is 19.9 Å². The number of hydrogen-bond acceptors (Lipinski definition) is 6. The van der Waals surface area contributed by atoms with E-state index in [1.165, 1.54) is 11.8 Å². The number of rotatable bonds is 4. The third-order valence-corrected chi connectivity index (χ3v) is 2.96. The summed E-state index contributed by atoms with van der Waals surface area (Å²) in [6, 6.07) is -0.695. The van der Waals surface area contributed by atoms with Crippen molar-refractivity contribution in [3.63, 3.8) is 0 Å². The topological polar surface area (TPSA) is 105 Å². The summed E-state index contributed by atoms with van der Waals surface area (Å²) < 4.78 is 10.0. The van der Waals surface area contributed by atoms with Crippen molar-refractivity contribution >= 4 is 18.0 Å². The van der Waals surface area contributed by atoms with Crippen molar-refractivity contribution in [3.05, 3.63) is 0 Å². The molecule has 0 radical (unpaired) electrons. The minimum Gasteiger partial charge on any atom is -0.444 e. The minimum absolute atomic E-state index is 0.421. The molecular formula is C14H24N2O6. The molecule has 8 nitrogen and oxygen atoms in total. The maximum absolute atomic E-state index is 12.2. The quantitative estimate of drug-likeness (QED) is 0.574. The Balaban J connectivity index is 2.67. The molecule has 2 amide bonds. The molecular weight excluding hydrogens is 292 g/mol. The lowest BCUT2D eigenvalue weighted by Gasteiger charge is -2.28. The predicted octanol–water partition coefficient (Wildman–Crippen LogP) is 0.384. The van der Waals surface area contributed by atoms with E-state index in [-0.39, 0.29) is 0 Å². The third-order valence-electron chi connectivity index (χ3n) is 2.96. The Morgan fingerprint density at radius 2 is 2.00 bits per heavy atom. The number of amides is 2. The monoisotopic (exact) mass is 316 g/mol. The number of nitrogens with zero attached hydrogens (tertiary/aromatic N) is 1. The Bertz CT molecular complexity index is 432. The van der Waals surface area contributed by atoms with Crippen LogP contribution < -0.4 is 5.32 Å². The molecule has 0 aliphatic carbocycles. The molecule has 2 N–H and O–H groups in total. The molecule has 0 bridgehead atoms. The summed E-state index contributed by atoms with van der Waals surface area (Å²) in [6.07, 6.45) is -0.512. The average Bonchev–Trinajstić information content (AvgIpc) is 2.84. The average molecular weight is 316 g/mol. The molecule has 0 aromatic rings. The van der Waals surface area contributed by atoms with E-state index in [9.17, 15) is 14.4 Å². The fourth-order valence-corrected chi connectivity index (χ4v) is 2.15. The van der Waals surface area contributed by atoms with Crippen LogP contribution >= 0.6 is 0 Å². The molecule has 1 heterocycles. The van der Waals surface area contributed by atoms with Gasteiger partial charge in [0.25, 0.3) is 0 Å². The number of carbonyl (C=O) groups is 3. The zero-order valence-corrected chi connectivity index (χ0v) is 13.4. The van der Waals surface area contributed by atoms with E-state index in [1.807, 2.05) is 0 Å². The molecule has 0 saturated carbocycles. The van der Waals surface area contributed by atoms with E-state index < -0.39 is 42.4 Å². The number of nitrogens with one attached hydrogen (secondary N) is 1. The highest BCUT2D eigenvalue weighted by atomic mass is 16.6. The molecule has 0 aromatic carbocycles. The SMILES string of the molecule is CC(=O)O[C@H](CO)NC(=O)[C@@H]1CCCN1C(=O)OC(C)(C)C. The largest absolute Gasteiger partial charge is 0.444 e. The first kappa shape index (κ1) is 18.2. The molecule has 1 fully saturated rings. The Labute approximate surface area is 129 Å². The smallest absolute Gasteiger partial charge is 0.410 e. The highest BCUT2D eigenvalue weighted by molar-refractivity contribution is 5.86. The molecule has 0 spiro atoms. The van der Waals surface area contributed by atoms with Crippen LogP contribution in [0, 0.1) is 0 Å². The molecule has 22 heavy (non-hydrogen) atoms. The minimum atomic E-state index is -1.12. The van der Waals surface area contributed by atoms with Crippen LogP contribution in [0.3, 0.4) is 0 Å². The first-order valence-electron chi connectivity index (χ1n) is 7.22. The summed E-state index contributed by atoms with van der Waals surface area (Å²) in [5, 5.41) is 11.5. The first-order valence-corrected chi connectivity index (χ1v) is 7.22. The van der Waals surface area contributed by atoms with Gasteiger partial charge in [-0.3, -0.25) is 14.5 Å². The van der Waals surface area contributed by atoms with Crippen LogP contribution in [0.2, 0.25) is 0 Å². The van der Waals surface area contributed by atoms with Crippen molar-refractivity contribution in [2.75, 3.05) is 13.2 Å². The van der Waals surface area contributed by atoms with E-state index in [1.54, 1.807) is 20.8 Å². The number of esters is 1.